The lowest BCUT2D eigenvalue weighted by molar-refractivity contribution is 0.0971. The molecule has 4 nitrogen and oxygen atoms in total. The predicted octanol–water partition coefficient (Wildman–Crippen LogP) is 5.15. The Bertz CT molecular complexity index is 630. The standard InChI is InChI=1S/C20H29BrN2O2S/c1-14(2)11-12-25-18-10-9-15(13-17(18)21)19(24)22-20(26)23(3)16-7-5-4-6-8-16/h9-10,13-14,16H,4-8,11-12H2,1-3H3,(H,22,24,26). The van der Waals surface area contributed by atoms with E-state index in [2.05, 4.69) is 35.1 Å². The third kappa shape index (κ3) is 6.23. The highest BCUT2D eigenvalue weighted by atomic mass is 79.9. The molecular weight excluding hydrogens is 412 g/mol. The summed E-state index contributed by atoms with van der Waals surface area (Å²) in [5.74, 6) is 1.16. The molecule has 0 saturated heterocycles. The number of nitrogens with one attached hydrogen (secondary N) is 1. The summed E-state index contributed by atoms with van der Waals surface area (Å²) in [6.45, 7) is 5.00. The first kappa shape index (κ1) is 21.2. The van der Waals surface area contributed by atoms with Crippen LogP contribution in [0.2, 0.25) is 0 Å². The van der Waals surface area contributed by atoms with Gasteiger partial charge in [0.2, 0.25) is 0 Å². The number of hydrogen-bond acceptors (Lipinski definition) is 3. The number of ether oxygens (including phenoxy) is 1. The highest BCUT2D eigenvalue weighted by molar-refractivity contribution is 9.10. The average Bonchev–Trinajstić information content (AvgIpc) is 2.62. The molecule has 0 aromatic heterocycles. The van der Waals surface area contributed by atoms with Gasteiger partial charge in [0.15, 0.2) is 5.11 Å². The summed E-state index contributed by atoms with van der Waals surface area (Å²) in [6.07, 6.45) is 7.04. The van der Waals surface area contributed by atoms with Crippen molar-refractivity contribution in [3.05, 3.63) is 28.2 Å². The number of benzene rings is 1. The minimum Gasteiger partial charge on any atom is -0.492 e. The lowest BCUT2D eigenvalue weighted by Gasteiger charge is -2.32. The first-order chi connectivity index (χ1) is 12.4. The fourth-order valence-corrected chi connectivity index (χ4v) is 3.79. The molecule has 26 heavy (non-hydrogen) atoms. The third-order valence-electron chi connectivity index (χ3n) is 4.81. The zero-order valence-electron chi connectivity index (χ0n) is 15.9. The molecular formula is C20H29BrN2O2S. The van der Waals surface area contributed by atoms with E-state index in [0.717, 1.165) is 29.5 Å². The molecule has 0 heterocycles. The zero-order valence-corrected chi connectivity index (χ0v) is 18.3. The Hall–Kier alpha value is -1.14. The predicted molar refractivity (Wildman–Crippen MR) is 114 cm³/mol. The van der Waals surface area contributed by atoms with Crippen LogP contribution >= 0.6 is 28.1 Å². The van der Waals surface area contributed by atoms with Crippen LogP contribution in [0.4, 0.5) is 0 Å². The molecule has 0 atom stereocenters. The second kappa shape index (κ2) is 10.3. The third-order valence-corrected chi connectivity index (χ3v) is 5.82. The number of carbonyl (C=O) groups is 1. The molecule has 0 unspecified atom stereocenters. The molecule has 6 heteroatoms. The monoisotopic (exact) mass is 440 g/mol. The molecule has 1 amide bonds. The van der Waals surface area contributed by atoms with Crippen LogP contribution in [0.15, 0.2) is 22.7 Å². The van der Waals surface area contributed by atoms with Crippen molar-refractivity contribution in [1.82, 2.24) is 10.2 Å². The number of amides is 1. The number of thiocarbonyl (C=S) groups is 1. The number of hydrogen-bond donors (Lipinski definition) is 1. The van der Waals surface area contributed by atoms with Gasteiger partial charge in [-0.2, -0.15) is 0 Å². The highest BCUT2D eigenvalue weighted by Crippen LogP contribution is 2.26. The van der Waals surface area contributed by atoms with E-state index in [0.29, 0.717) is 29.2 Å². The van der Waals surface area contributed by atoms with Crippen molar-refractivity contribution in [1.29, 1.82) is 0 Å². The van der Waals surface area contributed by atoms with Gasteiger partial charge in [-0.3, -0.25) is 10.1 Å². The molecule has 1 aliphatic rings. The number of halogens is 1. The van der Waals surface area contributed by atoms with Crippen LogP contribution in [0.25, 0.3) is 0 Å². The Balaban J connectivity index is 1.92. The smallest absolute Gasteiger partial charge is 0.257 e. The molecule has 0 spiro atoms. The zero-order chi connectivity index (χ0) is 19.1. The SMILES string of the molecule is CC(C)CCOc1ccc(C(=O)NC(=S)N(C)C2CCCCC2)cc1Br. The van der Waals surface area contributed by atoms with Crippen LogP contribution < -0.4 is 10.1 Å². The molecule has 1 N–H and O–H groups in total. The van der Waals surface area contributed by atoms with Crippen molar-refractivity contribution in [2.75, 3.05) is 13.7 Å². The minimum absolute atomic E-state index is 0.188. The minimum atomic E-state index is -0.188. The first-order valence-electron chi connectivity index (χ1n) is 9.39. The fraction of sp³-hybridized carbons (Fsp3) is 0.600. The van der Waals surface area contributed by atoms with Crippen molar-refractivity contribution in [2.24, 2.45) is 5.92 Å². The molecule has 1 saturated carbocycles. The van der Waals surface area contributed by atoms with Crippen molar-refractivity contribution < 1.29 is 9.53 Å². The van der Waals surface area contributed by atoms with Crippen LogP contribution in [0.1, 0.15) is 62.7 Å². The van der Waals surface area contributed by atoms with Crippen LogP contribution in [-0.2, 0) is 0 Å². The number of nitrogens with zero attached hydrogens (tertiary/aromatic N) is 1. The van der Waals surface area contributed by atoms with Crippen LogP contribution in [0, 0.1) is 5.92 Å². The molecule has 0 radical (unpaired) electrons. The van der Waals surface area contributed by atoms with E-state index in [9.17, 15) is 4.79 Å². The highest BCUT2D eigenvalue weighted by Gasteiger charge is 2.21. The lowest BCUT2D eigenvalue weighted by Crippen LogP contribution is -2.46. The molecule has 2 rings (SSSR count). The molecule has 0 aliphatic heterocycles. The van der Waals surface area contributed by atoms with Crippen molar-refractivity contribution in [3.63, 3.8) is 0 Å². The van der Waals surface area contributed by atoms with Crippen molar-refractivity contribution in [3.8, 4) is 5.75 Å². The topological polar surface area (TPSA) is 41.6 Å². The maximum atomic E-state index is 12.5. The summed E-state index contributed by atoms with van der Waals surface area (Å²) in [5, 5.41) is 3.35. The molecule has 1 aliphatic carbocycles. The van der Waals surface area contributed by atoms with E-state index in [1.54, 1.807) is 12.1 Å². The molecule has 1 aromatic carbocycles. The maximum Gasteiger partial charge on any atom is 0.257 e. The van der Waals surface area contributed by atoms with Crippen LogP contribution in [0.3, 0.4) is 0 Å². The number of rotatable bonds is 6. The Labute approximate surface area is 170 Å². The van der Waals surface area contributed by atoms with Gasteiger partial charge in [0.1, 0.15) is 5.75 Å². The van der Waals surface area contributed by atoms with Gasteiger partial charge >= 0.3 is 0 Å². The average molecular weight is 441 g/mol. The quantitative estimate of drug-likeness (QED) is 0.620. The van der Waals surface area contributed by atoms with E-state index >= 15 is 0 Å². The molecule has 1 aromatic rings. The van der Waals surface area contributed by atoms with Crippen molar-refractivity contribution >= 4 is 39.2 Å². The van der Waals surface area contributed by atoms with Gasteiger partial charge in [-0.25, -0.2) is 0 Å². The van der Waals surface area contributed by atoms with Gasteiger partial charge in [-0.15, -0.1) is 0 Å². The van der Waals surface area contributed by atoms with Gasteiger partial charge in [0, 0.05) is 18.7 Å². The van der Waals surface area contributed by atoms with E-state index in [4.69, 9.17) is 17.0 Å². The van der Waals surface area contributed by atoms with Crippen LogP contribution in [0.5, 0.6) is 5.75 Å². The van der Waals surface area contributed by atoms with E-state index in [-0.39, 0.29) is 5.91 Å². The van der Waals surface area contributed by atoms with E-state index in [1.807, 2.05) is 18.0 Å². The summed E-state index contributed by atoms with van der Waals surface area (Å²) < 4.78 is 6.55. The van der Waals surface area contributed by atoms with Gasteiger partial charge in [0.25, 0.3) is 5.91 Å². The summed E-state index contributed by atoms with van der Waals surface area (Å²) in [6, 6.07) is 5.81. The summed E-state index contributed by atoms with van der Waals surface area (Å²) in [7, 11) is 1.97. The second-order valence-corrected chi connectivity index (χ2v) is 8.58. The molecule has 144 valence electrons. The molecule has 1 fully saturated rings. The van der Waals surface area contributed by atoms with Gasteiger partial charge in [-0.05, 0) is 71.5 Å². The van der Waals surface area contributed by atoms with E-state index < -0.39 is 0 Å². The largest absolute Gasteiger partial charge is 0.492 e. The Morgan fingerprint density at radius 1 is 1.35 bits per heavy atom. The normalized spacial score (nSPS) is 15.0. The fourth-order valence-electron chi connectivity index (χ4n) is 3.06. The van der Waals surface area contributed by atoms with Crippen LogP contribution in [-0.4, -0.2) is 35.6 Å². The summed E-state index contributed by atoms with van der Waals surface area (Å²) in [4.78, 5) is 14.6. The Morgan fingerprint density at radius 2 is 2.04 bits per heavy atom. The molecule has 0 bridgehead atoms. The van der Waals surface area contributed by atoms with Gasteiger partial charge in [0.05, 0.1) is 11.1 Å². The van der Waals surface area contributed by atoms with Gasteiger partial charge < -0.3 is 9.64 Å². The van der Waals surface area contributed by atoms with Crippen molar-refractivity contribution in [2.45, 2.75) is 58.4 Å². The van der Waals surface area contributed by atoms with Gasteiger partial charge in [-0.1, -0.05) is 33.1 Å². The Morgan fingerprint density at radius 3 is 2.65 bits per heavy atom. The van der Waals surface area contributed by atoms with E-state index in [1.165, 1.54) is 19.3 Å². The maximum absolute atomic E-state index is 12.5. The first-order valence-corrected chi connectivity index (χ1v) is 10.6. The number of carbonyl (C=O) groups excluding carboxylic acids is 1. The second-order valence-electron chi connectivity index (χ2n) is 7.34. The summed E-state index contributed by atoms with van der Waals surface area (Å²) in [5.41, 5.74) is 0.562. The lowest BCUT2D eigenvalue weighted by atomic mass is 9.95. The summed E-state index contributed by atoms with van der Waals surface area (Å²) >= 11 is 8.92. The Kier molecular flexibility index (Phi) is 8.35.